The first-order valence-electron chi connectivity index (χ1n) is 4.42. The van der Waals surface area contributed by atoms with Crippen LogP contribution in [0.15, 0.2) is 30.3 Å². The van der Waals surface area contributed by atoms with Gasteiger partial charge in [-0.05, 0) is 17.9 Å². The predicted octanol–water partition coefficient (Wildman–Crippen LogP) is 1.55. The Balaban J connectivity index is 2.80. The molecule has 1 aromatic rings. The highest BCUT2D eigenvalue weighted by Gasteiger charge is 2.39. The van der Waals surface area contributed by atoms with Gasteiger partial charge in [-0.25, -0.2) is 4.79 Å². The molecule has 0 aliphatic carbocycles. The quantitative estimate of drug-likeness (QED) is 0.748. The minimum atomic E-state index is -2.21. The highest BCUT2D eigenvalue weighted by atomic mass is 32.2. The molecule has 0 saturated heterocycles. The van der Waals surface area contributed by atoms with E-state index in [-0.39, 0.29) is 0 Å². The van der Waals surface area contributed by atoms with E-state index in [2.05, 4.69) is 0 Å². The summed E-state index contributed by atoms with van der Waals surface area (Å²) in [7, 11) is 0. The van der Waals surface area contributed by atoms with Crippen molar-refractivity contribution in [3.63, 3.8) is 0 Å². The van der Waals surface area contributed by atoms with Crippen molar-refractivity contribution in [2.24, 2.45) is 0 Å². The number of para-hydroxylation sites is 1. The van der Waals surface area contributed by atoms with Gasteiger partial charge in [0, 0.05) is 0 Å². The molecule has 4 nitrogen and oxygen atoms in total. The third kappa shape index (κ3) is 3.14. The maximum absolute atomic E-state index is 10.8. The second-order valence-electron chi connectivity index (χ2n) is 2.74. The molecule has 1 atom stereocenters. The highest BCUT2D eigenvalue weighted by Crippen LogP contribution is 2.26. The summed E-state index contributed by atoms with van der Waals surface area (Å²) >= 11 is 0.815. The fraction of sp³-hybridized carbons (Fsp3) is 0.300. The summed E-state index contributed by atoms with van der Waals surface area (Å²) in [6, 6.07) is 8.36. The fourth-order valence-electron chi connectivity index (χ4n) is 0.979. The van der Waals surface area contributed by atoms with Crippen molar-refractivity contribution < 1.29 is 19.7 Å². The molecule has 82 valence electrons. The number of benzene rings is 1. The van der Waals surface area contributed by atoms with Gasteiger partial charge in [0.15, 0.2) is 0 Å². The molecule has 1 rings (SSSR count). The van der Waals surface area contributed by atoms with Crippen LogP contribution < -0.4 is 4.74 Å². The summed E-state index contributed by atoms with van der Waals surface area (Å²) in [5.41, 5.74) is 0. The Labute approximate surface area is 91.9 Å². The maximum atomic E-state index is 10.8. The van der Waals surface area contributed by atoms with Gasteiger partial charge in [0.2, 0.25) is 0 Å². The van der Waals surface area contributed by atoms with Gasteiger partial charge < -0.3 is 14.9 Å². The van der Waals surface area contributed by atoms with Crippen LogP contribution in [0.3, 0.4) is 0 Å². The smallest absolute Gasteiger partial charge is 0.389 e. The minimum Gasteiger partial charge on any atom is -0.476 e. The summed E-state index contributed by atoms with van der Waals surface area (Å²) < 4.78 is 5.02. The Bertz CT molecular complexity index is 327. The molecule has 2 N–H and O–H groups in total. The van der Waals surface area contributed by atoms with E-state index in [9.17, 15) is 9.90 Å². The largest absolute Gasteiger partial charge is 0.476 e. The second-order valence-corrected chi connectivity index (χ2v) is 4.15. The average molecular weight is 228 g/mol. The zero-order chi connectivity index (χ0) is 11.3. The third-order valence-electron chi connectivity index (χ3n) is 1.61. The van der Waals surface area contributed by atoms with Gasteiger partial charge in [-0.3, -0.25) is 0 Å². The summed E-state index contributed by atoms with van der Waals surface area (Å²) in [5, 5.41) is 16.3. The monoisotopic (exact) mass is 228 g/mol. The lowest BCUT2D eigenvalue weighted by Crippen LogP contribution is -2.41. The van der Waals surface area contributed by atoms with Crippen molar-refractivity contribution in [2.45, 2.75) is 12.0 Å². The predicted molar refractivity (Wildman–Crippen MR) is 57.8 cm³/mol. The zero-order valence-electron chi connectivity index (χ0n) is 8.21. The van der Waals surface area contributed by atoms with Crippen LogP contribution in [0.5, 0.6) is 5.75 Å². The van der Waals surface area contributed by atoms with Gasteiger partial charge in [0.1, 0.15) is 5.75 Å². The Kier molecular flexibility index (Phi) is 3.99. The first-order chi connectivity index (χ1) is 7.08. The molecule has 0 bridgehead atoms. The van der Waals surface area contributed by atoms with Crippen LogP contribution in [0, 0.1) is 0 Å². The van der Waals surface area contributed by atoms with Crippen molar-refractivity contribution in [3.05, 3.63) is 30.3 Å². The lowest BCUT2D eigenvalue weighted by Gasteiger charge is -2.22. The van der Waals surface area contributed by atoms with Gasteiger partial charge in [0.05, 0.1) is 0 Å². The number of aliphatic carboxylic acids is 1. The lowest BCUT2D eigenvalue weighted by atomic mass is 10.3. The molecule has 0 aromatic heterocycles. The number of hydrogen-bond donors (Lipinski definition) is 2. The molecule has 0 spiro atoms. The van der Waals surface area contributed by atoms with Crippen molar-refractivity contribution in [1.82, 2.24) is 0 Å². The molecular formula is C10H12O4S. The molecular weight excluding hydrogens is 216 g/mol. The Morgan fingerprint density at radius 2 is 2.07 bits per heavy atom. The minimum absolute atomic E-state index is 0.323. The first kappa shape index (κ1) is 11.9. The van der Waals surface area contributed by atoms with Gasteiger partial charge >= 0.3 is 11.1 Å². The van der Waals surface area contributed by atoms with Crippen LogP contribution in [0.25, 0.3) is 0 Å². The van der Waals surface area contributed by atoms with E-state index in [0.29, 0.717) is 11.5 Å². The lowest BCUT2D eigenvalue weighted by molar-refractivity contribution is -0.169. The van der Waals surface area contributed by atoms with E-state index in [1.165, 1.54) is 0 Å². The van der Waals surface area contributed by atoms with E-state index in [1.807, 2.05) is 0 Å². The van der Waals surface area contributed by atoms with Crippen molar-refractivity contribution in [3.8, 4) is 5.75 Å². The average Bonchev–Trinajstić information content (AvgIpc) is 2.19. The summed E-state index contributed by atoms with van der Waals surface area (Å²) in [6.45, 7) is 1.74. The Morgan fingerprint density at radius 3 is 2.53 bits per heavy atom. The second kappa shape index (κ2) is 5.04. The van der Waals surface area contributed by atoms with Gasteiger partial charge in [-0.15, -0.1) is 0 Å². The molecule has 0 heterocycles. The van der Waals surface area contributed by atoms with E-state index in [4.69, 9.17) is 9.84 Å². The standard InChI is InChI=1S/C10H12O4S/c1-2-15-10(13,9(11)12)14-8-6-4-3-5-7-8/h3-7,13H,2H2,1H3,(H,11,12)/t10-/m0/s1. The molecule has 15 heavy (non-hydrogen) atoms. The maximum Gasteiger partial charge on any atom is 0.389 e. The van der Waals surface area contributed by atoms with E-state index in [0.717, 1.165) is 11.8 Å². The molecule has 5 heteroatoms. The molecule has 0 aliphatic heterocycles. The van der Waals surface area contributed by atoms with Crippen LogP contribution in [0.4, 0.5) is 0 Å². The van der Waals surface area contributed by atoms with Gasteiger partial charge in [-0.1, -0.05) is 36.9 Å². The van der Waals surface area contributed by atoms with Crippen LogP contribution in [0.2, 0.25) is 0 Å². The number of carboxylic acids is 1. The molecule has 0 saturated carbocycles. The number of thioether (sulfide) groups is 1. The van der Waals surface area contributed by atoms with E-state index >= 15 is 0 Å². The topological polar surface area (TPSA) is 66.8 Å². The normalized spacial score (nSPS) is 14.3. The number of aliphatic hydroxyl groups is 1. The number of carbonyl (C=O) groups is 1. The Hall–Kier alpha value is -1.20. The molecule has 0 unspecified atom stereocenters. The van der Waals surface area contributed by atoms with Gasteiger partial charge in [-0.2, -0.15) is 0 Å². The number of hydrogen-bond acceptors (Lipinski definition) is 4. The van der Waals surface area contributed by atoms with E-state index in [1.54, 1.807) is 37.3 Å². The van der Waals surface area contributed by atoms with Crippen molar-refractivity contribution >= 4 is 17.7 Å². The number of carboxylic acid groups (broad SMARTS) is 1. The van der Waals surface area contributed by atoms with Crippen LogP contribution in [-0.4, -0.2) is 27.1 Å². The third-order valence-corrected chi connectivity index (χ3v) is 2.55. The first-order valence-corrected chi connectivity index (χ1v) is 5.41. The SMILES string of the molecule is CCS[C@@](O)(Oc1ccccc1)C(=O)O. The van der Waals surface area contributed by atoms with Crippen molar-refractivity contribution in [1.29, 1.82) is 0 Å². The summed E-state index contributed by atoms with van der Waals surface area (Å²) in [6.07, 6.45) is 0. The number of ether oxygens (including phenoxy) is 1. The van der Waals surface area contributed by atoms with Crippen LogP contribution >= 0.6 is 11.8 Å². The van der Waals surface area contributed by atoms with Crippen molar-refractivity contribution in [2.75, 3.05) is 5.75 Å². The molecule has 0 fully saturated rings. The fourth-order valence-corrected chi connectivity index (χ4v) is 1.65. The molecule has 0 amide bonds. The summed E-state index contributed by atoms with van der Waals surface area (Å²) in [4.78, 5) is 10.8. The molecule has 0 aliphatic rings. The van der Waals surface area contributed by atoms with Crippen LogP contribution in [-0.2, 0) is 4.79 Å². The Morgan fingerprint density at radius 1 is 1.47 bits per heavy atom. The zero-order valence-corrected chi connectivity index (χ0v) is 9.03. The van der Waals surface area contributed by atoms with E-state index < -0.39 is 11.1 Å². The summed E-state index contributed by atoms with van der Waals surface area (Å²) in [5.74, 6) is -0.642. The molecule has 1 aromatic carbocycles. The highest BCUT2D eigenvalue weighted by molar-refractivity contribution is 8.01. The van der Waals surface area contributed by atoms with Crippen LogP contribution in [0.1, 0.15) is 6.92 Å². The molecule has 0 radical (unpaired) electrons. The van der Waals surface area contributed by atoms with Gasteiger partial charge in [0.25, 0.3) is 0 Å². The number of rotatable bonds is 5.